The Bertz CT molecular complexity index is 634. The number of amides is 1. The molecule has 0 spiro atoms. The van der Waals surface area contributed by atoms with E-state index in [0.29, 0.717) is 37.2 Å². The second-order valence-electron chi connectivity index (χ2n) is 5.21. The number of nitrogens with two attached hydrogens (primary N) is 1. The quantitative estimate of drug-likeness (QED) is 0.894. The third-order valence-electron chi connectivity index (χ3n) is 3.86. The Balaban J connectivity index is 2.21. The lowest BCUT2D eigenvalue weighted by atomic mass is 9.98. The van der Waals surface area contributed by atoms with Crippen molar-refractivity contribution in [2.45, 2.75) is 24.7 Å². The number of carbonyl (C=O) groups excluding carboxylic acids is 1. The number of rotatable bonds is 4. The summed E-state index contributed by atoms with van der Waals surface area (Å²) in [5.74, 6) is 0.0416. The van der Waals surface area contributed by atoms with Crippen molar-refractivity contribution >= 4 is 15.9 Å². The molecule has 1 saturated heterocycles. The largest absolute Gasteiger partial charge is 0.497 e. The molecular weight excluding hydrogens is 292 g/mol. The van der Waals surface area contributed by atoms with E-state index in [2.05, 4.69) is 0 Å². The molecule has 0 aliphatic carbocycles. The normalized spacial score (nSPS) is 17.6. The van der Waals surface area contributed by atoms with Crippen molar-refractivity contribution in [2.75, 3.05) is 20.2 Å². The highest BCUT2D eigenvalue weighted by Crippen LogP contribution is 2.27. The maximum atomic E-state index is 12.7. The van der Waals surface area contributed by atoms with Crippen LogP contribution in [0.15, 0.2) is 23.1 Å². The zero-order valence-electron chi connectivity index (χ0n) is 12.2. The van der Waals surface area contributed by atoms with Gasteiger partial charge in [0.05, 0.1) is 12.0 Å². The van der Waals surface area contributed by atoms with E-state index >= 15 is 0 Å². The van der Waals surface area contributed by atoms with Crippen molar-refractivity contribution in [3.63, 3.8) is 0 Å². The molecule has 0 aromatic heterocycles. The number of aryl methyl sites for hydroxylation is 1. The van der Waals surface area contributed by atoms with Crippen LogP contribution in [0.25, 0.3) is 0 Å². The molecule has 1 aromatic carbocycles. The van der Waals surface area contributed by atoms with Crippen LogP contribution < -0.4 is 10.5 Å². The van der Waals surface area contributed by atoms with Gasteiger partial charge in [-0.1, -0.05) is 0 Å². The van der Waals surface area contributed by atoms with E-state index in [1.165, 1.54) is 11.4 Å². The van der Waals surface area contributed by atoms with Gasteiger partial charge in [-0.2, -0.15) is 4.31 Å². The van der Waals surface area contributed by atoms with E-state index in [4.69, 9.17) is 10.5 Å². The van der Waals surface area contributed by atoms with Crippen LogP contribution in [0, 0.1) is 12.8 Å². The average molecular weight is 312 g/mol. The fraction of sp³-hybridized carbons (Fsp3) is 0.500. The number of sulfonamides is 1. The number of carbonyl (C=O) groups is 1. The van der Waals surface area contributed by atoms with Crippen LogP contribution >= 0.6 is 0 Å². The highest BCUT2D eigenvalue weighted by Gasteiger charge is 2.32. The van der Waals surface area contributed by atoms with Crippen LogP contribution in [-0.2, 0) is 14.8 Å². The fourth-order valence-electron chi connectivity index (χ4n) is 2.56. The van der Waals surface area contributed by atoms with Crippen LogP contribution in [0.2, 0.25) is 0 Å². The van der Waals surface area contributed by atoms with E-state index in [9.17, 15) is 13.2 Å². The lowest BCUT2D eigenvalue weighted by Gasteiger charge is -2.30. The van der Waals surface area contributed by atoms with Crippen LogP contribution in [0.3, 0.4) is 0 Å². The van der Waals surface area contributed by atoms with E-state index in [1.54, 1.807) is 25.1 Å². The molecular formula is C14H20N2O4S. The highest BCUT2D eigenvalue weighted by molar-refractivity contribution is 7.89. The van der Waals surface area contributed by atoms with Gasteiger partial charge in [0, 0.05) is 19.0 Å². The van der Waals surface area contributed by atoms with Crippen molar-refractivity contribution in [1.29, 1.82) is 0 Å². The molecule has 2 rings (SSSR count). The van der Waals surface area contributed by atoms with Crippen LogP contribution in [0.5, 0.6) is 5.75 Å². The van der Waals surface area contributed by atoms with Gasteiger partial charge >= 0.3 is 0 Å². The maximum Gasteiger partial charge on any atom is 0.243 e. The Labute approximate surface area is 124 Å². The van der Waals surface area contributed by atoms with Crippen molar-refractivity contribution in [2.24, 2.45) is 11.7 Å². The predicted octanol–water partition coefficient (Wildman–Crippen LogP) is 0.890. The van der Waals surface area contributed by atoms with Gasteiger partial charge in [-0.15, -0.1) is 0 Å². The second-order valence-corrected chi connectivity index (χ2v) is 7.12. The van der Waals surface area contributed by atoms with Crippen molar-refractivity contribution in [1.82, 2.24) is 4.31 Å². The molecule has 0 atom stereocenters. The molecule has 0 saturated carbocycles. The number of benzene rings is 1. The first-order valence-corrected chi connectivity index (χ1v) is 8.24. The lowest BCUT2D eigenvalue weighted by molar-refractivity contribution is -0.122. The highest BCUT2D eigenvalue weighted by atomic mass is 32.2. The summed E-state index contributed by atoms with van der Waals surface area (Å²) in [6.07, 6.45) is 0.952. The summed E-state index contributed by atoms with van der Waals surface area (Å²) in [4.78, 5) is 11.4. The topological polar surface area (TPSA) is 89.7 Å². The van der Waals surface area contributed by atoms with E-state index in [1.807, 2.05) is 0 Å². The number of ether oxygens (including phenoxy) is 1. The van der Waals surface area contributed by atoms with E-state index in [-0.39, 0.29) is 16.7 Å². The summed E-state index contributed by atoms with van der Waals surface area (Å²) in [7, 11) is -2.00. The minimum absolute atomic E-state index is 0.228. The molecule has 21 heavy (non-hydrogen) atoms. The first-order valence-electron chi connectivity index (χ1n) is 6.80. The molecule has 7 heteroatoms. The summed E-state index contributed by atoms with van der Waals surface area (Å²) in [5, 5.41) is 0. The Morgan fingerprint density at radius 2 is 1.95 bits per heavy atom. The van der Waals surface area contributed by atoms with Gasteiger partial charge in [0.1, 0.15) is 5.75 Å². The van der Waals surface area contributed by atoms with Crippen LogP contribution in [-0.4, -0.2) is 38.8 Å². The molecule has 1 amide bonds. The number of hydrogen-bond donors (Lipinski definition) is 1. The first kappa shape index (κ1) is 15.8. The minimum atomic E-state index is -3.54. The Morgan fingerprint density at radius 3 is 2.43 bits per heavy atom. The SMILES string of the molecule is COc1ccc(S(=O)(=O)N2CCC(C(N)=O)CC2)c(C)c1. The summed E-state index contributed by atoms with van der Waals surface area (Å²) in [6.45, 7) is 2.38. The van der Waals surface area contributed by atoms with Crippen molar-refractivity contribution in [3.05, 3.63) is 23.8 Å². The molecule has 1 aromatic rings. The van der Waals surface area contributed by atoms with Gasteiger partial charge in [0.15, 0.2) is 0 Å². The molecule has 2 N–H and O–H groups in total. The molecule has 0 radical (unpaired) electrons. The molecule has 0 bridgehead atoms. The zero-order chi connectivity index (χ0) is 15.6. The molecule has 1 aliphatic heterocycles. The Morgan fingerprint density at radius 1 is 1.33 bits per heavy atom. The minimum Gasteiger partial charge on any atom is -0.497 e. The monoisotopic (exact) mass is 312 g/mol. The smallest absolute Gasteiger partial charge is 0.243 e. The molecule has 1 aliphatic rings. The van der Waals surface area contributed by atoms with Gasteiger partial charge in [0.25, 0.3) is 0 Å². The van der Waals surface area contributed by atoms with Gasteiger partial charge in [-0.3, -0.25) is 4.79 Å². The third kappa shape index (κ3) is 3.19. The maximum absolute atomic E-state index is 12.7. The predicted molar refractivity (Wildman–Crippen MR) is 78.4 cm³/mol. The molecule has 0 unspecified atom stereocenters. The summed E-state index contributed by atoms with van der Waals surface area (Å²) in [5.41, 5.74) is 5.91. The molecule has 1 heterocycles. The number of primary amides is 1. The fourth-order valence-corrected chi connectivity index (χ4v) is 4.23. The summed E-state index contributed by atoms with van der Waals surface area (Å²) in [6, 6.07) is 4.89. The van der Waals surface area contributed by atoms with Crippen LogP contribution in [0.4, 0.5) is 0 Å². The van der Waals surface area contributed by atoms with Gasteiger partial charge < -0.3 is 10.5 Å². The Kier molecular flexibility index (Phi) is 4.53. The van der Waals surface area contributed by atoms with E-state index in [0.717, 1.165) is 0 Å². The Hall–Kier alpha value is -1.60. The average Bonchev–Trinajstić information content (AvgIpc) is 2.46. The van der Waals surface area contributed by atoms with Gasteiger partial charge in [-0.05, 0) is 43.5 Å². The molecule has 116 valence electrons. The second kappa shape index (κ2) is 6.03. The zero-order valence-corrected chi connectivity index (χ0v) is 13.0. The standard InChI is InChI=1S/C14H20N2O4S/c1-10-9-12(20-2)3-4-13(10)21(18,19)16-7-5-11(6-8-16)14(15)17/h3-4,9,11H,5-8H2,1-2H3,(H2,15,17). The first-order chi connectivity index (χ1) is 9.86. The number of piperidine rings is 1. The molecule has 6 nitrogen and oxygen atoms in total. The molecule has 1 fully saturated rings. The van der Waals surface area contributed by atoms with Crippen LogP contribution in [0.1, 0.15) is 18.4 Å². The summed E-state index contributed by atoms with van der Waals surface area (Å²) >= 11 is 0. The number of nitrogens with zero attached hydrogens (tertiary/aromatic N) is 1. The van der Waals surface area contributed by atoms with Gasteiger partial charge in [0.2, 0.25) is 15.9 Å². The lowest BCUT2D eigenvalue weighted by Crippen LogP contribution is -2.41. The van der Waals surface area contributed by atoms with Crippen molar-refractivity contribution in [3.8, 4) is 5.75 Å². The number of hydrogen-bond acceptors (Lipinski definition) is 4. The van der Waals surface area contributed by atoms with Gasteiger partial charge in [-0.25, -0.2) is 8.42 Å². The summed E-state index contributed by atoms with van der Waals surface area (Å²) < 4.78 is 31.8. The van der Waals surface area contributed by atoms with E-state index < -0.39 is 10.0 Å². The number of methoxy groups -OCH3 is 1. The van der Waals surface area contributed by atoms with Crippen molar-refractivity contribution < 1.29 is 17.9 Å². The third-order valence-corrected chi connectivity index (χ3v) is 5.92.